The fourth-order valence-electron chi connectivity index (χ4n) is 0.898. The molecular weight excluding hydrogens is 128 g/mol. The van der Waals surface area contributed by atoms with Crippen molar-refractivity contribution in [3.63, 3.8) is 0 Å². The summed E-state index contributed by atoms with van der Waals surface area (Å²) in [4.78, 5) is 13.8. The van der Waals surface area contributed by atoms with E-state index in [9.17, 15) is 0 Å². The van der Waals surface area contributed by atoms with Crippen molar-refractivity contribution < 1.29 is 0 Å². The first kappa shape index (κ1) is 5.58. The minimum atomic E-state index is 0.613. The lowest BCUT2D eigenvalue weighted by molar-refractivity contribution is 0.992. The van der Waals surface area contributed by atoms with Gasteiger partial charge < -0.3 is 4.90 Å². The van der Waals surface area contributed by atoms with Gasteiger partial charge >= 0.3 is 0 Å². The van der Waals surface area contributed by atoms with Crippen molar-refractivity contribution in [2.45, 2.75) is 13.0 Å². The monoisotopic (exact) mass is 136 g/mol. The summed E-state index contributed by atoms with van der Waals surface area (Å²) >= 11 is 0. The predicted octanol–water partition coefficient (Wildman–Crippen LogP) is 0.0801. The van der Waals surface area contributed by atoms with E-state index < -0.39 is 0 Å². The molecule has 0 aliphatic carbocycles. The second kappa shape index (κ2) is 1.90. The van der Waals surface area contributed by atoms with Gasteiger partial charge in [-0.15, -0.1) is 0 Å². The van der Waals surface area contributed by atoms with Crippen LogP contribution in [0.1, 0.15) is 6.92 Å². The standard InChI is InChI=1S/C6H8N4/c1-5-2-10(5)6-8-3-7-4-9-6/h3-5H,2H2,1H3. The van der Waals surface area contributed by atoms with Gasteiger partial charge in [0, 0.05) is 12.6 Å². The van der Waals surface area contributed by atoms with Crippen LogP contribution in [-0.4, -0.2) is 27.5 Å². The normalized spacial score (nSPS) is 22.9. The maximum Gasteiger partial charge on any atom is 0.228 e. The molecule has 0 amide bonds. The Morgan fingerprint density at radius 1 is 1.50 bits per heavy atom. The lowest BCUT2D eigenvalue weighted by atomic mass is 10.6. The molecule has 2 rings (SSSR count). The molecule has 10 heavy (non-hydrogen) atoms. The van der Waals surface area contributed by atoms with Crippen LogP contribution in [0.5, 0.6) is 0 Å². The van der Waals surface area contributed by atoms with Crippen LogP contribution in [0.25, 0.3) is 0 Å². The number of nitrogens with zero attached hydrogens (tertiary/aromatic N) is 4. The number of hydrogen-bond acceptors (Lipinski definition) is 4. The molecule has 1 aliphatic rings. The zero-order chi connectivity index (χ0) is 6.97. The Hall–Kier alpha value is -1.19. The summed E-state index contributed by atoms with van der Waals surface area (Å²) in [5, 5.41) is 0. The molecular formula is C6H8N4. The fraction of sp³-hybridized carbons (Fsp3) is 0.500. The second-order valence-corrected chi connectivity index (χ2v) is 2.44. The van der Waals surface area contributed by atoms with E-state index in [1.54, 1.807) is 0 Å². The zero-order valence-electron chi connectivity index (χ0n) is 5.73. The van der Waals surface area contributed by atoms with Gasteiger partial charge in [0.05, 0.1) is 0 Å². The topological polar surface area (TPSA) is 41.7 Å². The van der Waals surface area contributed by atoms with Crippen molar-refractivity contribution in [3.8, 4) is 0 Å². The Kier molecular flexibility index (Phi) is 1.06. The summed E-state index contributed by atoms with van der Waals surface area (Å²) in [5.41, 5.74) is 0. The average molecular weight is 136 g/mol. The van der Waals surface area contributed by atoms with Crippen molar-refractivity contribution in [3.05, 3.63) is 12.7 Å². The molecule has 0 N–H and O–H groups in total. The van der Waals surface area contributed by atoms with E-state index in [0.717, 1.165) is 12.5 Å². The maximum atomic E-state index is 3.99. The third-order valence-electron chi connectivity index (χ3n) is 1.60. The summed E-state index contributed by atoms with van der Waals surface area (Å²) in [5.74, 6) is 0.794. The molecule has 4 nitrogen and oxygen atoms in total. The van der Waals surface area contributed by atoms with Crippen molar-refractivity contribution in [1.82, 2.24) is 15.0 Å². The quantitative estimate of drug-likeness (QED) is 0.513. The molecule has 0 aromatic carbocycles. The minimum absolute atomic E-state index is 0.613. The van der Waals surface area contributed by atoms with Gasteiger partial charge in [-0.2, -0.15) is 0 Å². The highest BCUT2D eigenvalue weighted by atomic mass is 15.4. The molecule has 1 saturated heterocycles. The van der Waals surface area contributed by atoms with E-state index in [-0.39, 0.29) is 0 Å². The Labute approximate surface area is 58.9 Å². The van der Waals surface area contributed by atoms with Crippen LogP contribution in [0.2, 0.25) is 0 Å². The first-order valence-corrected chi connectivity index (χ1v) is 3.26. The molecule has 0 saturated carbocycles. The lowest BCUT2D eigenvalue weighted by Gasteiger charge is -1.96. The van der Waals surface area contributed by atoms with E-state index in [1.807, 2.05) is 0 Å². The summed E-state index contributed by atoms with van der Waals surface area (Å²) in [6, 6.07) is 0.613. The average Bonchev–Trinajstić information content (AvgIpc) is 2.69. The van der Waals surface area contributed by atoms with Crippen LogP contribution in [0.3, 0.4) is 0 Å². The smallest absolute Gasteiger partial charge is 0.228 e. The summed E-state index contributed by atoms with van der Waals surface area (Å²) in [6.45, 7) is 3.22. The maximum absolute atomic E-state index is 3.99. The summed E-state index contributed by atoms with van der Waals surface area (Å²) < 4.78 is 0. The van der Waals surface area contributed by atoms with E-state index in [1.165, 1.54) is 12.7 Å². The van der Waals surface area contributed by atoms with Gasteiger partial charge in [-0.3, -0.25) is 0 Å². The highest BCUT2D eigenvalue weighted by Gasteiger charge is 2.31. The third-order valence-corrected chi connectivity index (χ3v) is 1.60. The first-order valence-electron chi connectivity index (χ1n) is 3.26. The Balaban J connectivity index is 2.20. The zero-order valence-corrected chi connectivity index (χ0v) is 5.73. The highest BCUT2D eigenvalue weighted by molar-refractivity contribution is 5.39. The van der Waals surface area contributed by atoms with Crippen LogP contribution in [0.4, 0.5) is 5.95 Å². The van der Waals surface area contributed by atoms with Gasteiger partial charge in [-0.05, 0) is 6.92 Å². The second-order valence-electron chi connectivity index (χ2n) is 2.44. The van der Waals surface area contributed by atoms with Gasteiger partial charge in [0.25, 0.3) is 0 Å². The molecule has 0 radical (unpaired) electrons. The van der Waals surface area contributed by atoms with E-state index in [0.29, 0.717) is 6.04 Å². The molecule has 52 valence electrons. The number of hydrogen-bond donors (Lipinski definition) is 0. The van der Waals surface area contributed by atoms with Crippen LogP contribution in [0.15, 0.2) is 12.7 Å². The van der Waals surface area contributed by atoms with Crippen molar-refractivity contribution in [2.24, 2.45) is 0 Å². The number of rotatable bonds is 1. The van der Waals surface area contributed by atoms with E-state index >= 15 is 0 Å². The Morgan fingerprint density at radius 3 is 2.60 bits per heavy atom. The molecule has 2 heterocycles. The predicted molar refractivity (Wildman–Crippen MR) is 36.6 cm³/mol. The van der Waals surface area contributed by atoms with Crippen LogP contribution >= 0.6 is 0 Å². The van der Waals surface area contributed by atoms with Gasteiger partial charge in [-0.25, -0.2) is 15.0 Å². The molecule has 1 aliphatic heterocycles. The highest BCUT2D eigenvalue weighted by Crippen LogP contribution is 2.21. The van der Waals surface area contributed by atoms with Crippen LogP contribution in [-0.2, 0) is 0 Å². The van der Waals surface area contributed by atoms with E-state index in [2.05, 4.69) is 26.8 Å². The molecule has 1 atom stereocenters. The molecule has 1 aromatic heterocycles. The molecule has 1 aromatic rings. The lowest BCUT2D eigenvalue weighted by Crippen LogP contribution is -2.00. The van der Waals surface area contributed by atoms with Crippen molar-refractivity contribution in [2.75, 3.05) is 11.4 Å². The van der Waals surface area contributed by atoms with Gasteiger partial charge in [0.2, 0.25) is 5.95 Å². The largest absolute Gasteiger partial charge is 0.334 e. The molecule has 0 spiro atoms. The summed E-state index contributed by atoms with van der Waals surface area (Å²) in [7, 11) is 0. The minimum Gasteiger partial charge on any atom is -0.334 e. The molecule has 4 heteroatoms. The summed E-state index contributed by atoms with van der Waals surface area (Å²) in [6.07, 6.45) is 3.04. The van der Waals surface area contributed by atoms with Gasteiger partial charge in [0.1, 0.15) is 12.7 Å². The molecule has 1 unspecified atom stereocenters. The van der Waals surface area contributed by atoms with Crippen molar-refractivity contribution >= 4 is 5.95 Å². The molecule has 1 fully saturated rings. The fourth-order valence-corrected chi connectivity index (χ4v) is 0.898. The van der Waals surface area contributed by atoms with Gasteiger partial charge in [0.15, 0.2) is 0 Å². The van der Waals surface area contributed by atoms with Crippen LogP contribution < -0.4 is 4.90 Å². The van der Waals surface area contributed by atoms with E-state index in [4.69, 9.17) is 0 Å². The Bertz CT molecular complexity index is 222. The SMILES string of the molecule is CC1CN1c1ncncn1. The first-order chi connectivity index (χ1) is 4.88. The van der Waals surface area contributed by atoms with Crippen LogP contribution in [0, 0.1) is 0 Å². The Morgan fingerprint density at radius 2 is 2.10 bits per heavy atom. The van der Waals surface area contributed by atoms with Gasteiger partial charge in [-0.1, -0.05) is 0 Å². The number of anilines is 1. The molecule has 0 bridgehead atoms. The third kappa shape index (κ3) is 0.814. The number of aromatic nitrogens is 3. The van der Waals surface area contributed by atoms with Crippen molar-refractivity contribution in [1.29, 1.82) is 0 Å².